The molecule has 0 spiro atoms. The number of para-hydroxylation sites is 1. The third kappa shape index (κ3) is 4.18. The molecule has 134 valence electrons. The molecule has 0 aliphatic carbocycles. The van der Waals surface area contributed by atoms with Crippen LogP contribution in [0.1, 0.15) is 21.7 Å². The van der Waals surface area contributed by atoms with Gasteiger partial charge in [0.2, 0.25) is 5.95 Å². The maximum atomic E-state index is 13.0. The number of carbonyl (C=O) groups is 1. The number of rotatable bonds is 5. The molecule has 0 saturated carbocycles. The van der Waals surface area contributed by atoms with Crippen molar-refractivity contribution in [3.05, 3.63) is 71.9 Å². The average Bonchev–Trinajstić information content (AvgIpc) is 3.13. The van der Waals surface area contributed by atoms with Gasteiger partial charge in [0.1, 0.15) is 5.76 Å². The second-order valence-corrected chi connectivity index (χ2v) is 5.23. The first kappa shape index (κ1) is 17.5. The van der Waals surface area contributed by atoms with Crippen molar-refractivity contribution in [2.75, 3.05) is 5.32 Å². The Kier molecular flexibility index (Phi) is 4.87. The van der Waals surface area contributed by atoms with E-state index in [9.17, 15) is 18.0 Å². The highest BCUT2D eigenvalue weighted by Crippen LogP contribution is 2.35. The summed E-state index contributed by atoms with van der Waals surface area (Å²) in [6.07, 6.45) is -0.564. The molecule has 6 nitrogen and oxygen atoms in total. The molecule has 26 heavy (non-hydrogen) atoms. The van der Waals surface area contributed by atoms with E-state index in [0.717, 1.165) is 6.07 Å². The largest absolute Gasteiger partial charge is 0.467 e. The van der Waals surface area contributed by atoms with Crippen LogP contribution in [0.15, 0.2) is 59.5 Å². The minimum Gasteiger partial charge on any atom is -0.467 e. The van der Waals surface area contributed by atoms with Crippen molar-refractivity contribution < 1.29 is 22.4 Å². The highest BCUT2D eigenvalue weighted by Gasteiger charge is 2.33. The van der Waals surface area contributed by atoms with Gasteiger partial charge in [-0.2, -0.15) is 13.2 Å². The summed E-state index contributed by atoms with van der Waals surface area (Å²) in [5, 5.41) is 5.13. The van der Waals surface area contributed by atoms with E-state index in [2.05, 4.69) is 20.6 Å². The van der Waals surface area contributed by atoms with Crippen LogP contribution in [0.25, 0.3) is 0 Å². The highest BCUT2D eigenvalue weighted by molar-refractivity contribution is 5.93. The Labute approximate surface area is 146 Å². The maximum Gasteiger partial charge on any atom is 0.418 e. The van der Waals surface area contributed by atoms with Crippen LogP contribution in [0.2, 0.25) is 0 Å². The molecule has 2 heterocycles. The quantitative estimate of drug-likeness (QED) is 0.722. The lowest BCUT2D eigenvalue weighted by Crippen LogP contribution is -2.23. The lowest BCUT2D eigenvalue weighted by Gasteiger charge is -2.13. The van der Waals surface area contributed by atoms with Crippen LogP contribution in [0.3, 0.4) is 0 Å². The molecule has 1 aromatic carbocycles. The Morgan fingerprint density at radius 1 is 1.08 bits per heavy atom. The molecular formula is C17H13F3N4O2. The van der Waals surface area contributed by atoms with E-state index in [0.29, 0.717) is 5.76 Å². The number of aromatic nitrogens is 2. The number of hydrogen-bond acceptors (Lipinski definition) is 5. The number of halogens is 3. The van der Waals surface area contributed by atoms with Crippen LogP contribution in [-0.2, 0) is 12.7 Å². The van der Waals surface area contributed by atoms with Crippen molar-refractivity contribution in [1.82, 2.24) is 15.3 Å². The predicted molar refractivity (Wildman–Crippen MR) is 86.6 cm³/mol. The van der Waals surface area contributed by atoms with E-state index in [1.807, 2.05) is 0 Å². The minimum atomic E-state index is -4.50. The van der Waals surface area contributed by atoms with Gasteiger partial charge >= 0.3 is 6.18 Å². The van der Waals surface area contributed by atoms with E-state index in [1.165, 1.54) is 36.9 Å². The molecule has 0 aliphatic heterocycles. The molecule has 9 heteroatoms. The molecule has 0 radical (unpaired) electrons. The molecule has 0 saturated heterocycles. The SMILES string of the molecule is O=C(NCc1ccco1)c1cnc(Nc2ccccc2C(F)(F)F)nc1. The summed E-state index contributed by atoms with van der Waals surface area (Å²) >= 11 is 0. The number of nitrogens with one attached hydrogen (secondary N) is 2. The highest BCUT2D eigenvalue weighted by atomic mass is 19.4. The maximum absolute atomic E-state index is 13.0. The van der Waals surface area contributed by atoms with Crippen molar-refractivity contribution in [2.45, 2.75) is 12.7 Å². The number of anilines is 2. The zero-order valence-electron chi connectivity index (χ0n) is 13.2. The first-order valence-electron chi connectivity index (χ1n) is 7.49. The summed E-state index contributed by atoms with van der Waals surface area (Å²) in [6, 6.07) is 8.40. The summed E-state index contributed by atoms with van der Waals surface area (Å²) in [6.45, 7) is 0.199. The fraction of sp³-hybridized carbons (Fsp3) is 0.118. The van der Waals surface area contributed by atoms with E-state index in [1.54, 1.807) is 12.1 Å². The number of hydrogen-bond donors (Lipinski definition) is 2. The van der Waals surface area contributed by atoms with Crippen LogP contribution in [0.4, 0.5) is 24.8 Å². The van der Waals surface area contributed by atoms with Crippen molar-refractivity contribution in [2.24, 2.45) is 0 Å². The van der Waals surface area contributed by atoms with Gasteiger partial charge in [-0.05, 0) is 24.3 Å². The molecule has 0 fully saturated rings. The van der Waals surface area contributed by atoms with Gasteiger partial charge < -0.3 is 15.1 Å². The number of benzene rings is 1. The van der Waals surface area contributed by atoms with Gasteiger partial charge in [-0.1, -0.05) is 12.1 Å². The molecule has 2 N–H and O–H groups in total. The second-order valence-electron chi connectivity index (χ2n) is 5.23. The number of nitrogens with zero attached hydrogens (tertiary/aromatic N) is 2. The molecular weight excluding hydrogens is 349 g/mol. The van der Waals surface area contributed by atoms with E-state index < -0.39 is 17.6 Å². The molecule has 2 aromatic heterocycles. The molecule has 3 rings (SSSR count). The topological polar surface area (TPSA) is 80.0 Å². The van der Waals surface area contributed by atoms with Crippen molar-refractivity contribution in [3.63, 3.8) is 0 Å². The first-order chi connectivity index (χ1) is 12.4. The molecule has 0 unspecified atom stereocenters. The Bertz CT molecular complexity index is 878. The van der Waals surface area contributed by atoms with Crippen LogP contribution >= 0.6 is 0 Å². The van der Waals surface area contributed by atoms with Gasteiger partial charge in [0, 0.05) is 12.4 Å². The number of alkyl halides is 3. The zero-order valence-corrected chi connectivity index (χ0v) is 13.2. The summed E-state index contributed by atoms with van der Waals surface area (Å²) in [7, 11) is 0. The lowest BCUT2D eigenvalue weighted by atomic mass is 10.1. The molecule has 1 amide bonds. The summed E-state index contributed by atoms with van der Waals surface area (Å²) < 4.78 is 44.0. The average molecular weight is 362 g/mol. The smallest absolute Gasteiger partial charge is 0.418 e. The van der Waals surface area contributed by atoms with Gasteiger partial charge in [-0.15, -0.1) is 0 Å². The first-order valence-corrected chi connectivity index (χ1v) is 7.49. The fourth-order valence-corrected chi connectivity index (χ4v) is 2.15. The van der Waals surface area contributed by atoms with Crippen molar-refractivity contribution in [3.8, 4) is 0 Å². The number of carbonyl (C=O) groups excluding carboxylic acids is 1. The van der Waals surface area contributed by atoms with Gasteiger partial charge in [0.25, 0.3) is 5.91 Å². The van der Waals surface area contributed by atoms with Crippen molar-refractivity contribution in [1.29, 1.82) is 0 Å². The fourth-order valence-electron chi connectivity index (χ4n) is 2.15. The minimum absolute atomic E-state index is 0.0516. The van der Waals surface area contributed by atoms with Crippen LogP contribution < -0.4 is 10.6 Å². The van der Waals surface area contributed by atoms with Crippen molar-refractivity contribution >= 4 is 17.5 Å². The summed E-state index contributed by atoms with van der Waals surface area (Å²) in [5.74, 6) is 0.106. The standard InChI is InChI=1S/C17H13F3N4O2/c18-17(19,20)13-5-1-2-6-14(13)24-16-22-8-11(9-23-16)15(25)21-10-12-4-3-7-26-12/h1-9H,10H2,(H,21,25)(H,22,23,24). The van der Waals surface area contributed by atoms with Crippen LogP contribution in [0.5, 0.6) is 0 Å². The summed E-state index contributed by atoms with van der Waals surface area (Å²) in [5.41, 5.74) is -0.829. The zero-order chi connectivity index (χ0) is 18.6. The molecule has 3 aromatic rings. The van der Waals surface area contributed by atoms with E-state index in [4.69, 9.17) is 4.42 Å². The second kappa shape index (κ2) is 7.26. The van der Waals surface area contributed by atoms with Gasteiger partial charge in [0.05, 0.1) is 29.6 Å². The van der Waals surface area contributed by atoms with Gasteiger partial charge in [-0.3, -0.25) is 4.79 Å². The molecule has 0 atom stereocenters. The number of amides is 1. The number of furan rings is 1. The Morgan fingerprint density at radius 3 is 2.46 bits per heavy atom. The van der Waals surface area contributed by atoms with E-state index in [-0.39, 0.29) is 23.7 Å². The predicted octanol–water partition coefficient (Wildman–Crippen LogP) is 3.76. The van der Waals surface area contributed by atoms with Crippen LogP contribution in [0, 0.1) is 0 Å². The molecule has 0 aliphatic rings. The Balaban J connectivity index is 1.68. The third-order valence-electron chi connectivity index (χ3n) is 3.40. The Hall–Kier alpha value is -3.36. The third-order valence-corrected chi connectivity index (χ3v) is 3.40. The van der Waals surface area contributed by atoms with Gasteiger partial charge in [-0.25, -0.2) is 9.97 Å². The lowest BCUT2D eigenvalue weighted by molar-refractivity contribution is -0.136. The van der Waals surface area contributed by atoms with E-state index >= 15 is 0 Å². The van der Waals surface area contributed by atoms with Gasteiger partial charge in [0.15, 0.2) is 0 Å². The monoisotopic (exact) mass is 362 g/mol. The van der Waals surface area contributed by atoms with Crippen LogP contribution in [-0.4, -0.2) is 15.9 Å². The molecule has 0 bridgehead atoms. The Morgan fingerprint density at radius 2 is 1.81 bits per heavy atom. The normalized spacial score (nSPS) is 11.2. The summed E-state index contributed by atoms with van der Waals surface area (Å²) in [4.78, 5) is 19.8.